The first-order chi connectivity index (χ1) is 10.7. The molecule has 0 radical (unpaired) electrons. The maximum atomic E-state index is 10.5. The zero-order chi connectivity index (χ0) is 17.5. The van der Waals surface area contributed by atoms with E-state index < -0.39 is 10.1 Å². The Bertz CT molecular complexity index is 625. The number of benzene rings is 1. The molecule has 1 aromatic rings. The van der Waals surface area contributed by atoms with Crippen molar-refractivity contribution in [1.29, 1.82) is 0 Å². The van der Waals surface area contributed by atoms with Crippen LogP contribution >= 0.6 is 0 Å². The highest BCUT2D eigenvalue weighted by molar-refractivity contribution is 7.85. The largest absolute Gasteiger partial charge is 0.328 e. The van der Waals surface area contributed by atoms with Crippen LogP contribution in [0.25, 0.3) is 0 Å². The van der Waals surface area contributed by atoms with Gasteiger partial charge in [0.1, 0.15) is 0 Å². The van der Waals surface area contributed by atoms with Gasteiger partial charge in [0.25, 0.3) is 10.1 Å². The second kappa shape index (κ2) is 9.01. The summed E-state index contributed by atoms with van der Waals surface area (Å²) in [6.45, 7) is 7.72. The van der Waals surface area contributed by atoms with Crippen LogP contribution in [0.2, 0.25) is 0 Å². The number of hydrogen-bond acceptors (Lipinski definition) is 3. The molecule has 4 nitrogen and oxygen atoms in total. The van der Waals surface area contributed by atoms with E-state index in [0.717, 1.165) is 17.1 Å². The summed E-state index contributed by atoms with van der Waals surface area (Å²) in [6, 6.07) is 6.45. The minimum atomic E-state index is -4.02. The van der Waals surface area contributed by atoms with Gasteiger partial charge in [-0.15, -0.1) is 0 Å². The molecule has 2 rings (SSSR count). The molecule has 0 unspecified atom stereocenters. The number of hydrogen-bond donors (Lipinski definition) is 2. The topological polar surface area (TPSA) is 80.4 Å². The van der Waals surface area contributed by atoms with E-state index in [1.54, 1.807) is 12.1 Å². The Morgan fingerprint density at radius 2 is 1.74 bits per heavy atom. The molecule has 5 heteroatoms. The predicted molar refractivity (Wildman–Crippen MR) is 94.9 cm³/mol. The van der Waals surface area contributed by atoms with Crippen LogP contribution in [0.15, 0.2) is 53.5 Å². The highest BCUT2D eigenvalue weighted by Crippen LogP contribution is 2.24. The summed E-state index contributed by atoms with van der Waals surface area (Å²) in [6.07, 6.45) is 9.29. The van der Waals surface area contributed by atoms with Gasteiger partial charge in [-0.3, -0.25) is 4.55 Å². The van der Waals surface area contributed by atoms with E-state index in [-0.39, 0.29) is 4.90 Å². The smallest absolute Gasteiger partial charge is 0.294 e. The first-order valence-electron chi connectivity index (χ1n) is 7.82. The van der Waals surface area contributed by atoms with Crippen molar-refractivity contribution < 1.29 is 13.0 Å². The van der Waals surface area contributed by atoms with Gasteiger partial charge in [-0.2, -0.15) is 8.42 Å². The maximum Gasteiger partial charge on any atom is 0.294 e. The average molecular weight is 337 g/mol. The van der Waals surface area contributed by atoms with Crippen LogP contribution in [0.4, 0.5) is 0 Å². The quantitative estimate of drug-likeness (QED) is 0.648. The third-order valence-corrected chi connectivity index (χ3v) is 4.66. The monoisotopic (exact) mass is 337 g/mol. The normalized spacial score (nSPS) is 21.6. The van der Waals surface area contributed by atoms with Gasteiger partial charge in [-0.05, 0) is 57.6 Å². The molecule has 1 fully saturated rings. The lowest BCUT2D eigenvalue weighted by Gasteiger charge is -2.23. The number of aryl methyl sites for hydroxylation is 1. The molecule has 0 aromatic heterocycles. The fourth-order valence-electron chi connectivity index (χ4n) is 2.35. The minimum Gasteiger partial charge on any atom is -0.328 e. The van der Waals surface area contributed by atoms with Gasteiger partial charge in [-0.25, -0.2) is 0 Å². The minimum absolute atomic E-state index is 0.0666. The van der Waals surface area contributed by atoms with Crippen molar-refractivity contribution in [1.82, 2.24) is 0 Å². The van der Waals surface area contributed by atoms with Gasteiger partial charge in [0.15, 0.2) is 0 Å². The van der Waals surface area contributed by atoms with E-state index in [4.69, 9.17) is 10.3 Å². The molecule has 3 N–H and O–H groups in total. The summed E-state index contributed by atoms with van der Waals surface area (Å²) < 4.78 is 29.6. The standard InChI is InChI=1S/C11H19N.C7H8O3S/c1-9(2)3-4-10-5-7-11(12)8-6-10;1-6-2-4-7(5-3-6)11(8,9)10/h3-4,10-11H,1,5-8,12H2,2H3;2-5H,1H3,(H,8,9,10). The molecule has 0 spiro atoms. The van der Waals surface area contributed by atoms with Gasteiger partial charge >= 0.3 is 0 Å². The molecule has 0 bridgehead atoms. The Labute approximate surface area is 139 Å². The molecule has 128 valence electrons. The molecule has 0 saturated heterocycles. The number of allylic oxidation sites excluding steroid dienone is 3. The molecule has 1 saturated carbocycles. The molecule has 0 heterocycles. The molecule has 0 aliphatic heterocycles. The van der Waals surface area contributed by atoms with Crippen LogP contribution in [0, 0.1) is 12.8 Å². The fourth-order valence-corrected chi connectivity index (χ4v) is 2.83. The van der Waals surface area contributed by atoms with Gasteiger partial charge in [0.2, 0.25) is 0 Å². The summed E-state index contributed by atoms with van der Waals surface area (Å²) in [4.78, 5) is -0.0666. The van der Waals surface area contributed by atoms with E-state index in [1.807, 2.05) is 13.8 Å². The first kappa shape index (κ1) is 19.6. The van der Waals surface area contributed by atoms with Crippen molar-refractivity contribution in [3.63, 3.8) is 0 Å². The zero-order valence-corrected chi connectivity index (χ0v) is 14.7. The van der Waals surface area contributed by atoms with Gasteiger partial charge in [0, 0.05) is 6.04 Å². The van der Waals surface area contributed by atoms with Crippen molar-refractivity contribution in [2.45, 2.75) is 50.5 Å². The Kier molecular flexibility index (Phi) is 7.68. The number of rotatable bonds is 3. The molecule has 1 aliphatic rings. The Hall–Kier alpha value is -1.43. The number of nitrogens with two attached hydrogens (primary N) is 1. The lowest BCUT2D eigenvalue weighted by atomic mass is 9.86. The summed E-state index contributed by atoms with van der Waals surface area (Å²) in [7, 11) is -4.02. The van der Waals surface area contributed by atoms with Gasteiger partial charge in [-0.1, -0.05) is 42.0 Å². The van der Waals surface area contributed by atoms with Crippen LogP contribution in [0.5, 0.6) is 0 Å². The summed E-state index contributed by atoms with van der Waals surface area (Å²) in [5.74, 6) is 0.751. The van der Waals surface area contributed by atoms with Crippen LogP contribution in [-0.4, -0.2) is 19.0 Å². The van der Waals surface area contributed by atoms with Crippen LogP contribution in [0.3, 0.4) is 0 Å². The molecular formula is C18H27NO3S. The second-order valence-electron chi connectivity index (χ2n) is 6.17. The van der Waals surface area contributed by atoms with Crippen molar-refractivity contribution in [3.05, 3.63) is 54.1 Å². The predicted octanol–water partition coefficient (Wildman–Crippen LogP) is 3.88. The maximum absolute atomic E-state index is 10.5. The van der Waals surface area contributed by atoms with Gasteiger partial charge < -0.3 is 5.73 Å². The summed E-state index contributed by atoms with van der Waals surface area (Å²) in [5.41, 5.74) is 7.91. The summed E-state index contributed by atoms with van der Waals surface area (Å²) in [5, 5.41) is 0. The lowest BCUT2D eigenvalue weighted by molar-refractivity contribution is 0.375. The molecule has 23 heavy (non-hydrogen) atoms. The molecule has 0 atom stereocenters. The zero-order valence-electron chi connectivity index (χ0n) is 13.9. The van der Waals surface area contributed by atoms with E-state index in [0.29, 0.717) is 6.04 Å². The SMILES string of the molecule is C=C(C)C=CC1CCC(N)CC1.Cc1ccc(S(=O)(=O)O)cc1. The van der Waals surface area contributed by atoms with Crippen molar-refractivity contribution in [2.75, 3.05) is 0 Å². The van der Waals surface area contributed by atoms with E-state index >= 15 is 0 Å². The van der Waals surface area contributed by atoms with Crippen molar-refractivity contribution in [2.24, 2.45) is 11.7 Å². The fraction of sp³-hybridized carbons (Fsp3) is 0.444. The Morgan fingerprint density at radius 3 is 2.17 bits per heavy atom. The first-order valence-corrected chi connectivity index (χ1v) is 9.26. The van der Waals surface area contributed by atoms with Crippen LogP contribution in [-0.2, 0) is 10.1 Å². The Morgan fingerprint density at radius 1 is 1.22 bits per heavy atom. The van der Waals surface area contributed by atoms with Gasteiger partial charge in [0.05, 0.1) is 4.90 Å². The second-order valence-corrected chi connectivity index (χ2v) is 7.59. The van der Waals surface area contributed by atoms with Crippen LogP contribution in [0.1, 0.15) is 38.2 Å². The Balaban J connectivity index is 0.000000231. The van der Waals surface area contributed by atoms with Crippen molar-refractivity contribution >= 4 is 10.1 Å². The average Bonchev–Trinajstić information content (AvgIpc) is 2.47. The van der Waals surface area contributed by atoms with E-state index in [2.05, 4.69) is 18.7 Å². The third kappa shape index (κ3) is 8.11. The molecule has 0 amide bonds. The highest BCUT2D eigenvalue weighted by atomic mass is 32.2. The lowest BCUT2D eigenvalue weighted by Crippen LogP contribution is -2.25. The third-order valence-electron chi connectivity index (χ3n) is 3.79. The molecular weight excluding hydrogens is 310 g/mol. The van der Waals surface area contributed by atoms with Crippen LogP contribution < -0.4 is 5.73 Å². The summed E-state index contributed by atoms with van der Waals surface area (Å²) >= 11 is 0. The van der Waals surface area contributed by atoms with E-state index in [1.165, 1.54) is 37.8 Å². The highest BCUT2D eigenvalue weighted by Gasteiger charge is 2.15. The molecule has 1 aromatic carbocycles. The van der Waals surface area contributed by atoms with E-state index in [9.17, 15) is 8.42 Å². The van der Waals surface area contributed by atoms with Crippen molar-refractivity contribution in [3.8, 4) is 0 Å². The molecule has 1 aliphatic carbocycles.